The molecule has 4 heteroatoms. The van der Waals surface area contributed by atoms with E-state index in [0.29, 0.717) is 0 Å². The third-order valence-corrected chi connectivity index (χ3v) is 2.36. The molecule has 72 valence electrons. The minimum absolute atomic E-state index is 0. The van der Waals surface area contributed by atoms with Gasteiger partial charge >= 0.3 is 0 Å². The predicted molar refractivity (Wildman–Crippen MR) is 46.8 cm³/mol. The summed E-state index contributed by atoms with van der Waals surface area (Å²) in [5.74, 6) is -1.10. The normalized spacial score (nSPS) is 27.3. The fraction of sp³-hybridized carbons (Fsp3) is 0.875. The average molecular weight is 194 g/mol. The van der Waals surface area contributed by atoms with Gasteiger partial charge < -0.3 is 14.4 Å². The van der Waals surface area contributed by atoms with Crippen LogP contribution in [0.4, 0.5) is 0 Å². The van der Waals surface area contributed by atoms with Crippen LogP contribution in [0.25, 0.3) is 0 Å². The van der Waals surface area contributed by atoms with E-state index in [-0.39, 0.29) is 18.3 Å². The van der Waals surface area contributed by atoms with Crippen LogP contribution >= 0.6 is 12.4 Å². The lowest BCUT2D eigenvalue weighted by Gasteiger charge is -2.38. The van der Waals surface area contributed by atoms with Gasteiger partial charge in [-0.3, -0.25) is 0 Å². The molecule has 1 saturated heterocycles. The lowest BCUT2D eigenvalue weighted by molar-refractivity contribution is -0.897. The van der Waals surface area contributed by atoms with Crippen molar-refractivity contribution in [2.24, 2.45) is 5.92 Å². The summed E-state index contributed by atoms with van der Waals surface area (Å²) in [7, 11) is 4.13. The Kier molecular flexibility index (Phi) is 4.00. The summed E-state index contributed by atoms with van der Waals surface area (Å²) in [6, 6.07) is 0. The fourth-order valence-corrected chi connectivity index (χ4v) is 1.74. The van der Waals surface area contributed by atoms with Gasteiger partial charge in [0, 0.05) is 5.92 Å². The van der Waals surface area contributed by atoms with E-state index in [1.165, 1.54) is 0 Å². The van der Waals surface area contributed by atoms with E-state index in [1.54, 1.807) is 0 Å². The van der Waals surface area contributed by atoms with Crippen molar-refractivity contribution in [2.45, 2.75) is 12.8 Å². The number of likely N-dealkylation sites (tertiary alicyclic amines) is 1. The smallest absolute Gasteiger partial charge is 0.0864 e. The number of carboxylic acid groups (broad SMARTS) is 1. The Balaban J connectivity index is 0.00000121. The minimum atomic E-state index is -0.879. The SMILES string of the molecule is C[N+]1(C)CCCC(C(=O)[O-])C1.Cl. The molecule has 0 saturated carbocycles. The monoisotopic (exact) mass is 193 g/mol. The quantitative estimate of drug-likeness (QED) is 0.534. The van der Waals surface area contributed by atoms with Gasteiger partial charge in [-0.25, -0.2) is 0 Å². The second kappa shape index (κ2) is 4.10. The molecule has 1 aliphatic heterocycles. The number of nitrogens with zero attached hydrogens (tertiary/aromatic N) is 1. The van der Waals surface area contributed by atoms with Crippen LogP contribution in [0.3, 0.4) is 0 Å². The highest BCUT2D eigenvalue weighted by Gasteiger charge is 2.27. The van der Waals surface area contributed by atoms with Gasteiger partial charge in [0.2, 0.25) is 0 Å². The number of hydrogen-bond acceptors (Lipinski definition) is 2. The molecular weight excluding hydrogens is 178 g/mol. The van der Waals surface area contributed by atoms with Crippen LogP contribution in [-0.2, 0) is 4.79 Å². The molecule has 1 heterocycles. The Bertz CT molecular complexity index is 170. The van der Waals surface area contributed by atoms with Crippen LogP contribution < -0.4 is 5.11 Å². The summed E-state index contributed by atoms with van der Waals surface area (Å²) in [6.07, 6.45) is 1.80. The molecule has 0 aliphatic carbocycles. The van der Waals surface area contributed by atoms with Crippen molar-refractivity contribution in [3.63, 3.8) is 0 Å². The maximum absolute atomic E-state index is 10.5. The average Bonchev–Trinajstić information content (AvgIpc) is 1.85. The predicted octanol–water partition coefficient (Wildman–Crippen LogP) is -0.356. The van der Waals surface area contributed by atoms with Crippen molar-refractivity contribution in [3.8, 4) is 0 Å². The van der Waals surface area contributed by atoms with Crippen molar-refractivity contribution in [2.75, 3.05) is 27.2 Å². The molecule has 1 unspecified atom stereocenters. The second-order valence-electron chi connectivity index (χ2n) is 4.00. The summed E-state index contributed by atoms with van der Waals surface area (Å²) in [6.45, 7) is 1.81. The third kappa shape index (κ3) is 2.99. The summed E-state index contributed by atoms with van der Waals surface area (Å²) in [5, 5.41) is 10.5. The van der Waals surface area contributed by atoms with Crippen molar-refractivity contribution in [3.05, 3.63) is 0 Å². The molecule has 0 bridgehead atoms. The zero-order chi connectivity index (χ0) is 8.48. The molecule has 1 aliphatic rings. The number of hydrogen-bond donors (Lipinski definition) is 0. The fourth-order valence-electron chi connectivity index (χ4n) is 1.74. The Labute approximate surface area is 79.4 Å². The first kappa shape index (κ1) is 11.7. The number of piperidine rings is 1. The molecule has 1 rings (SSSR count). The van der Waals surface area contributed by atoms with Crippen LogP contribution in [0.1, 0.15) is 12.8 Å². The van der Waals surface area contributed by atoms with Crippen LogP contribution in [0.15, 0.2) is 0 Å². The maximum atomic E-state index is 10.5. The molecule has 0 aromatic rings. The van der Waals surface area contributed by atoms with E-state index < -0.39 is 5.97 Å². The number of aliphatic carboxylic acids is 1. The second-order valence-corrected chi connectivity index (χ2v) is 4.00. The lowest BCUT2D eigenvalue weighted by Crippen LogP contribution is -2.51. The number of halogens is 1. The summed E-state index contributed by atoms with van der Waals surface area (Å²) >= 11 is 0. The van der Waals surface area contributed by atoms with Crippen LogP contribution in [0.2, 0.25) is 0 Å². The highest BCUT2D eigenvalue weighted by atomic mass is 35.5. The zero-order valence-electron chi connectivity index (χ0n) is 7.58. The highest BCUT2D eigenvalue weighted by molar-refractivity contribution is 5.85. The molecule has 0 amide bonds. The van der Waals surface area contributed by atoms with Gasteiger partial charge in [-0.1, -0.05) is 0 Å². The van der Waals surface area contributed by atoms with E-state index in [4.69, 9.17) is 0 Å². The van der Waals surface area contributed by atoms with E-state index in [0.717, 1.165) is 30.4 Å². The van der Waals surface area contributed by atoms with Gasteiger partial charge in [-0.05, 0) is 12.8 Å². The van der Waals surface area contributed by atoms with Gasteiger partial charge in [0.1, 0.15) is 0 Å². The lowest BCUT2D eigenvalue weighted by atomic mass is 9.97. The molecule has 0 aromatic heterocycles. The molecule has 12 heavy (non-hydrogen) atoms. The molecule has 0 aromatic carbocycles. The van der Waals surface area contributed by atoms with Crippen LogP contribution in [0, 0.1) is 5.92 Å². The van der Waals surface area contributed by atoms with E-state index >= 15 is 0 Å². The van der Waals surface area contributed by atoms with E-state index in [1.807, 2.05) is 0 Å². The summed E-state index contributed by atoms with van der Waals surface area (Å²) in [5.41, 5.74) is 0. The van der Waals surface area contributed by atoms with Crippen molar-refractivity contribution in [1.29, 1.82) is 0 Å². The first-order chi connectivity index (χ1) is 5.01. The van der Waals surface area contributed by atoms with Crippen LogP contribution in [0.5, 0.6) is 0 Å². The maximum Gasteiger partial charge on any atom is 0.0864 e. The number of carbonyl (C=O) groups is 1. The minimum Gasteiger partial charge on any atom is -0.550 e. The zero-order valence-corrected chi connectivity index (χ0v) is 8.39. The number of carboxylic acids is 1. The van der Waals surface area contributed by atoms with E-state index in [2.05, 4.69) is 14.1 Å². The van der Waals surface area contributed by atoms with E-state index in [9.17, 15) is 9.90 Å². The number of quaternary nitrogens is 1. The Morgan fingerprint density at radius 3 is 2.42 bits per heavy atom. The largest absolute Gasteiger partial charge is 0.550 e. The van der Waals surface area contributed by atoms with Gasteiger partial charge in [0.25, 0.3) is 0 Å². The molecule has 0 N–H and O–H groups in total. The Hall–Kier alpha value is -0.280. The molecule has 3 nitrogen and oxygen atoms in total. The molecule has 0 radical (unpaired) electrons. The van der Waals surface area contributed by atoms with Crippen molar-refractivity contribution >= 4 is 18.4 Å². The number of rotatable bonds is 1. The number of carbonyl (C=O) groups excluding carboxylic acids is 1. The molecule has 1 atom stereocenters. The van der Waals surface area contributed by atoms with Gasteiger partial charge in [-0.2, -0.15) is 0 Å². The molecule has 0 spiro atoms. The third-order valence-electron chi connectivity index (χ3n) is 2.36. The Morgan fingerprint density at radius 1 is 1.50 bits per heavy atom. The van der Waals surface area contributed by atoms with Crippen molar-refractivity contribution in [1.82, 2.24) is 0 Å². The van der Waals surface area contributed by atoms with Gasteiger partial charge in [-0.15, -0.1) is 12.4 Å². The first-order valence-corrected chi connectivity index (χ1v) is 4.04. The molecule has 1 fully saturated rings. The highest BCUT2D eigenvalue weighted by Crippen LogP contribution is 2.18. The van der Waals surface area contributed by atoms with Crippen molar-refractivity contribution < 1.29 is 14.4 Å². The first-order valence-electron chi connectivity index (χ1n) is 4.04. The molecular formula is C8H16ClNO2. The topological polar surface area (TPSA) is 40.1 Å². The summed E-state index contributed by atoms with van der Waals surface area (Å²) in [4.78, 5) is 10.5. The Morgan fingerprint density at radius 2 is 2.08 bits per heavy atom. The van der Waals surface area contributed by atoms with Gasteiger partial charge in [0.05, 0.1) is 33.2 Å². The van der Waals surface area contributed by atoms with Crippen LogP contribution in [-0.4, -0.2) is 37.6 Å². The van der Waals surface area contributed by atoms with Gasteiger partial charge in [0.15, 0.2) is 0 Å². The standard InChI is InChI=1S/C8H15NO2.ClH/c1-9(2)5-3-4-7(6-9)8(10)11;/h7H,3-6H2,1-2H3;1H. The summed E-state index contributed by atoms with van der Waals surface area (Å²) < 4.78 is 0.818.